The molecule has 0 heterocycles. The fourth-order valence-corrected chi connectivity index (χ4v) is 7.68. The van der Waals surface area contributed by atoms with E-state index in [9.17, 15) is 44.6 Å². The van der Waals surface area contributed by atoms with Crippen molar-refractivity contribution in [2.75, 3.05) is 13.2 Å². The molecule has 0 amide bonds. The average molecular weight is 873 g/mol. The van der Waals surface area contributed by atoms with E-state index in [0.29, 0.717) is 12.8 Å². The van der Waals surface area contributed by atoms with E-state index in [4.69, 9.17) is 18.5 Å². The molecule has 0 spiro atoms. The molecule has 0 aliphatic heterocycles. The molecule has 8 atom stereocenters. The number of phosphoric acid groups is 1. The third kappa shape index (κ3) is 28.4. The maximum absolute atomic E-state index is 12.8. The molecule has 1 aliphatic carbocycles. The van der Waals surface area contributed by atoms with Gasteiger partial charge in [-0.25, -0.2) is 4.57 Å². The molecule has 1 rings (SSSR count). The number of allylic oxidation sites excluding steroid dienone is 8. The van der Waals surface area contributed by atoms with Crippen molar-refractivity contribution >= 4 is 19.8 Å². The fourth-order valence-electron chi connectivity index (χ4n) is 6.71. The predicted molar refractivity (Wildman–Crippen MR) is 235 cm³/mol. The first-order valence-corrected chi connectivity index (χ1v) is 24.4. The highest BCUT2D eigenvalue weighted by Gasteiger charge is 2.51. The molecule has 6 N–H and O–H groups in total. The summed E-state index contributed by atoms with van der Waals surface area (Å²) < 4.78 is 33.5. The third-order valence-electron chi connectivity index (χ3n) is 10.4. The Balaban J connectivity index is 2.48. The van der Waals surface area contributed by atoms with Gasteiger partial charge in [0.1, 0.15) is 43.2 Å². The molecule has 1 aliphatic rings. The molecular weight excluding hydrogens is 791 g/mol. The number of phosphoric ester groups is 1. The maximum Gasteiger partial charge on any atom is 0.472 e. The Morgan fingerprint density at radius 3 is 1.47 bits per heavy atom. The Bertz CT molecular complexity index is 1240. The highest BCUT2D eigenvalue weighted by Crippen LogP contribution is 2.47. The van der Waals surface area contributed by atoms with Crippen molar-refractivity contribution in [1.29, 1.82) is 0 Å². The van der Waals surface area contributed by atoms with E-state index in [0.717, 1.165) is 89.9 Å². The van der Waals surface area contributed by atoms with E-state index < -0.39 is 75.7 Å². The zero-order valence-corrected chi connectivity index (χ0v) is 37.6. The van der Waals surface area contributed by atoms with E-state index in [1.54, 1.807) is 0 Å². The van der Waals surface area contributed by atoms with Gasteiger partial charge in [-0.2, -0.15) is 0 Å². The van der Waals surface area contributed by atoms with Crippen LogP contribution in [-0.4, -0.2) is 98.3 Å². The minimum Gasteiger partial charge on any atom is -0.462 e. The number of aliphatic hydroxyl groups excluding tert-OH is 5. The molecule has 14 heteroatoms. The number of unbranched alkanes of at least 4 members (excludes halogenated alkanes) is 17. The van der Waals surface area contributed by atoms with Crippen LogP contribution < -0.4 is 0 Å². The van der Waals surface area contributed by atoms with Gasteiger partial charge < -0.3 is 39.9 Å². The lowest BCUT2D eigenvalue weighted by atomic mass is 9.85. The van der Waals surface area contributed by atoms with Crippen molar-refractivity contribution < 1.29 is 63.1 Å². The highest BCUT2D eigenvalue weighted by atomic mass is 31.2. The summed E-state index contributed by atoms with van der Waals surface area (Å²) in [6.45, 7) is 3.16. The van der Waals surface area contributed by atoms with Crippen molar-refractivity contribution in [2.45, 2.75) is 217 Å². The average Bonchev–Trinajstić information content (AvgIpc) is 3.23. The Morgan fingerprint density at radius 2 is 0.950 bits per heavy atom. The first kappa shape index (κ1) is 55.8. The lowest BCUT2D eigenvalue weighted by molar-refractivity contribution is -0.220. The molecule has 0 aromatic rings. The summed E-state index contributed by atoms with van der Waals surface area (Å²) in [6, 6.07) is 0. The second-order valence-electron chi connectivity index (χ2n) is 15.9. The standard InChI is InChI=1S/C46H81O13P/c1-3-5-7-9-11-13-15-17-19-21-22-24-26-28-30-32-34-39(47)56-36-38(37-57-60(54,55)59-46-44(52)42(50)41(49)43(51)45(46)53)58-40(48)35-33-31-29-27-25-23-20-18-16-14-12-10-8-6-4-2/h6,8,12,14,18-21,38,41-46,49-53H,3-5,7,9-11,13,15-17,22-37H2,1-2H3,(H,54,55)/b8-6-,14-12-,20-18-,21-19-/t38-,41?,42-,43?,44?,45?,46?/m1/s1. The Hall–Kier alpha value is -2.19. The second kappa shape index (κ2) is 36.3. The zero-order valence-electron chi connectivity index (χ0n) is 36.7. The van der Waals surface area contributed by atoms with Gasteiger partial charge in [-0.1, -0.05) is 140 Å². The summed E-state index contributed by atoms with van der Waals surface area (Å²) in [5, 5.41) is 50.1. The van der Waals surface area contributed by atoms with E-state index in [2.05, 4.69) is 62.5 Å². The van der Waals surface area contributed by atoms with Crippen molar-refractivity contribution in [1.82, 2.24) is 0 Å². The number of carbonyl (C=O) groups excluding carboxylic acids is 2. The highest BCUT2D eigenvalue weighted by molar-refractivity contribution is 7.47. The van der Waals surface area contributed by atoms with Gasteiger partial charge in [0.15, 0.2) is 6.10 Å². The predicted octanol–water partition coefficient (Wildman–Crippen LogP) is 8.78. The van der Waals surface area contributed by atoms with E-state index in [1.165, 1.54) is 44.9 Å². The van der Waals surface area contributed by atoms with Crippen LogP contribution in [0.25, 0.3) is 0 Å². The van der Waals surface area contributed by atoms with Gasteiger partial charge in [-0.05, 0) is 70.6 Å². The maximum atomic E-state index is 12.8. The first-order chi connectivity index (χ1) is 28.9. The normalized spacial score (nSPS) is 22.6. The number of carbonyl (C=O) groups is 2. The number of aliphatic hydroxyl groups is 5. The largest absolute Gasteiger partial charge is 0.472 e. The van der Waals surface area contributed by atoms with Crippen LogP contribution in [0.2, 0.25) is 0 Å². The Labute approximate surface area is 360 Å². The molecule has 0 aromatic heterocycles. The number of ether oxygens (including phenoxy) is 2. The summed E-state index contributed by atoms with van der Waals surface area (Å²) in [5.74, 6) is -1.13. The monoisotopic (exact) mass is 873 g/mol. The van der Waals surface area contributed by atoms with Crippen LogP contribution in [0.3, 0.4) is 0 Å². The van der Waals surface area contributed by atoms with Crippen molar-refractivity contribution in [3.05, 3.63) is 48.6 Å². The van der Waals surface area contributed by atoms with Crippen LogP contribution in [0.5, 0.6) is 0 Å². The molecule has 60 heavy (non-hydrogen) atoms. The van der Waals surface area contributed by atoms with Gasteiger partial charge in [0.25, 0.3) is 0 Å². The van der Waals surface area contributed by atoms with E-state index in [-0.39, 0.29) is 12.8 Å². The molecule has 0 radical (unpaired) electrons. The smallest absolute Gasteiger partial charge is 0.462 e. The molecule has 6 unspecified atom stereocenters. The summed E-state index contributed by atoms with van der Waals surface area (Å²) in [5.41, 5.74) is 0. The minimum absolute atomic E-state index is 0.0744. The molecule has 1 fully saturated rings. The summed E-state index contributed by atoms with van der Waals surface area (Å²) in [4.78, 5) is 35.7. The van der Waals surface area contributed by atoms with Crippen LogP contribution in [0.15, 0.2) is 48.6 Å². The number of hydrogen-bond donors (Lipinski definition) is 6. The van der Waals surface area contributed by atoms with Crippen LogP contribution in [0.1, 0.15) is 174 Å². The van der Waals surface area contributed by atoms with Gasteiger partial charge in [-0.3, -0.25) is 18.6 Å². The van der Waals surface area contributed by atoms with Crippen molar-refractivity contribution in [3.8, 4) is 0 Å². The lowest BCUT2D eigenvalue weighted by Crippen LogP contribution is -2.64. The Kier molecular flexibility index (Phi) is 33.8. The number of rotatable bonds is 37. The zero-order chi connectivity index (χ0) is 44.3. The van der Waals surface area contributed by atoms with Crippen molar-refractivity contribution in [2.24, 2.45) is 0 Å². The summed E-state index contributed by atoms with van der Waals surface area (Å²) in [6.07, 6.45) is 28.8. The Morgan fingerprint density at radius 1 is 0.533 bits per heavy atom. The molecule has 13 nitrogen and oxygen atoms in total. The van der Waals surface area contributed by atoms with Gasteiger partial charge in [-0.15, -0.1) is 0 Å². The van der Waals surface area contributed by atoms with Gasteiger partial charge >= 0.3 is 19.8 Å². The number of esters is 2. The molecule has 348 valence electrons. The quantitative estimate of drug-likeness (QED) is 0.0149. The van der Waals surface area contributed by atoms with Gasteiger partial charge in [0.05, 0.1) is 6.61 Å². The topological polar surface area (TPSA) is 210 Å². The molecular formula is C46H81O13P. The molecule has 0 saturated heterocycles. The first-order valence-electron chi connectivity index (χ1n) is 22.9. The summed E-state index contributed by atoms with van der Waals surface area (Å²) in [7, 11) is -5.12. The van der Waals surface area contributed by atoms with E-state index >= 15 is 0 Å². The summed E-state index contributed by atoms with van der Waals surface area (Å²) >= 11 is 0. The van der Waals surface area contributed by atoms with Crippen molar-refractivity contribution in [3.63, 3.8) is 0 Å². The van der Waals surface area contributed by atoms with Crippen LogP contribution >= 0.6 is 7.82 Å². The molecule has 0 bridgehead atoms. The fraction of sp³-hybridized carbons (Fsp3) is 0.783. The third-order valence-corrected chi connectivity index (χ3v) is 11.4. The second-order valence-corrected chi connectivity index (χ2v) is 17.3. The van der Waals surface area contributed by atoms with Gasteiger partial charge in [0, 0.05) is 12.8 Å². The molecule has 0 aromatic carbocycles. The van der Waals surface area contributed by atoms with E-state index in [1.807, 2.05) is 0 Å². The van der Waals surface area contributed by atoms with Gasteiger partial charge in [0.2, 0.25) is 0 Å². The number of hydrogen-bond acceptors (Lipinski definition) is 12. The lowest BCUT2D eigenvalue weighted by Gasteiger charge is -2.41. The molecule has 1 saturated carbocycles. The van der Waals surface area contributed by atoms with Crippen LogP contribution in [0.4, 0.5) is 0 Å². The minimum atomic E-state index is -5.12. The van der Waals surface area contributed by atoms with Crippen LogP contribution in [-0.2, 0) is 32.7 Å². The van der Waals surface area contributed by atoms with Crippen LogP contribution in [0, 0.1) is 0 Å². The SMILES string of the molecule is CC/C=C\C/C=C\C/C=C\CCCCCCCC(=O)O[C@H](COC(=O)CCCCCCC/C=C\CCCCCCCCC)COP(=O)(O)OC1C(O)C(O)C(O)[C@@H](O)C1O.